The highest BCUT2D eigenvalue weighted by molar-refractivity contribution is 4.77. The Hall–Kier alpha value is -1.32. The van der Waals surface area contributed by atoms with Crippen LogP contribution in [0.15, 0.2) is 21.9 Å². The van der Waals surface area contributed by atoms with Crippen LogP contribution in [0, 0.1) is 0 Å². The minimum atomic E-state index is -0.475. The molecule has 4 heteroatoms. The molecular weight excluding hydrogens is 110 g/mol. The van der Waals surface area contributed by atoms with Gasteiger partial charge < -0.3 is 4.98 Å². The Kier molecular flexibility index (Phi) is 0.997. The van der Waals surface area contributed by atoms with Gasteiger partial charge in [0.1, 0.15) is 0 Å². The molecule has 0 radical (unpaired) electrons. The molecule has 0 unspecified atom stereocenters. The molecule has 1 heterocycles. The second kappa shape index (κ2) is 1.65. The van der Waals surface area contributed by atoms with Gasteiger partial charge in [-0.1, -0.05) is 0 Å². The molecule has 2 N–H and O–H groups in total. The van der Waals surface area contributed by atoms with Gasteiger partial charge in [-0.15, -0.1) is 0 Å². The fourth-order valence-electron chi connectivity index (χ4n) is 0.383. The van der Waals surface area contributed by atoms with Gasteiger partial charge in [-0.05, 0) is 0 Å². The highest BCUT2D eigenvalue weighted by atomic mass is 18.1. The number of hydrogen-bond acceptors (Lipinski definition) is 2. The highest BCUT2D eigenvalue weighted by Gasteiger charge is 1.77. The van der Waals surface area contributed by atoms with Crippen LogP contribution in [0.3, 0.4) is 0 Å². The summed E-state index contributed by atoms with van der Waals surface area (Å²) in [4.78, 5) is 24.7. The maximum atomic E-state index is 10.2. The van der Waals surface area contributed by atoms with E-state index in [4.69, 9.17) is 0 Å². The van der Waals surface area contributed by atoms with Crippen molar-refractivity contribution >= 4 is 0 Å². The predicted octanol–water partition coefficient (Wildman–Crippen LogP) is -0.937. The van der Waals surface area contributed by atoms with E-state index in [9.17, 15) is 9.59 Å². The molecule has 0 bridgehead atoms. The molecule has 0 aromatic carbocycles. The number of aromatic amines is 2. The van der Waals surface area contributed by atoms with Crippen LogP contribution in [0.1, 0.15) is 0 Å². The van der Waals surface area contributed by atoms with Crippen molar-refractivity contribution in [3.63, 3.8) is 0 Å². The minimum absolute atomic E-state index is 0.381. The summed E-state index contributed by atoms with van der Waals surface area (Å²) >= 11 is 0. The first-order chi connectivity index (χ1) is 3.79. The minimum Gasteiger partial charge on any atom is -0.314 e. The molecule has 8 heavy (non-hydrogen) atoms. The van der Waals surface area contributed by atoms with Gasteiger partial charge in [0.05, 0.1) is 0 Å². The van der Waals surface area contributed by atoms with E-state index in [1.54, 1.807) is 0 Å². The van der Waals surface area contributed by atoms with Gasteiger partial charge in [-0.2, -0.15) is 0 Å². The maximum Gasteiger partial charge on any atom is 0.325 e. The number of hydrogen-bond donors (Lipinski definition) is 2. The third-order valence-corrected chi connectivity index (χ3v) is 0.686. The van der Waals surface area contributed by atoms with E-state index in [2.05, 4.69) is 4.98 Å². The number of nitrogens with one attached hydrogen (secondary N) is 2. The summed E-state index contributed by atoms with van der Waals surface area (Å²) in [6.45, 7) is 0. The molecule has 0 amide bonds. The Bertz CT molecular complexity index is 246. The lowest BCUT2D eigenvalue weighted by molar-refractivity contribution is 1.04. The lowest BCUT2D eigenvalue weighted by Gasteiger charge is -1.75. The zero-order valence-electron chi connectivity index (χ0n) is 3.97. The van der Waals surface area contributed by atoms with Crippen molar-refractivity contribution in [3.8, 4) is 0 Å². The zero-order valence-corrected chi connectivity index (χ0v) is 3.97. The Balaban J connectivity index is 3.50. The van der Waals surface area contributed by atoms with Crippen LogP contribution in [0.2, 0.25) is 0 Å². The second-order valence-electron chi connectivity index (χ2n) is 1.30. The molecule has 0 atom stereocenters. The molecule has 0 aliphatic rings. The molecule has 0 aliphatic carbocycles. The molecule has 0 aliphatic heterocycles. The van der Waals surface area contributed by atoms with Crippen LogP contribution in [0.4, 0.5) is 0 Å². The lowest BCUT2D eigenvalue weighted by Crippen LogP contribution is -2.19. The van der Waals surface area contributed by atoms with E-state index < -0.39 is 5.69 Å². The molecule has 0 saturated carbocycles. The van der Waals surface area contributed by atoms with Crippen LogP contribution < -0.4 is 11.2 Å². The zero-order chi connectivity index (χ0) is 5.98. The fraction of sp³-hybridized carbons (Fsp3) is 0. The first-order valence-corrected chi connectivity index (χ1v) is 2.07. The average Bonchev–Trinajstić information content (AvgIpc) is 1.64. The first kappa shape index (κ1) is 4.83. The van der Waals surface area contributed by atoms with Crippen molar-refractivity contribution in [1.29, 1.82) is 0 Å². The molecule has 1 rings (SSSR count). The molecule has 1 aromatic rings. The topological polar surface area (TPSA) is 65.7 Å². The van der Waals surface area contributed by atoms with Crippen molar-refractivity contribution in [2.75, 3.05) is 0 Å². The smallest absolute Gasteiger partial charge is 0.314 e. The number of aromatic nitrogens is 2. The standard InChI is InChI=1S/C4H4N2O2/c7-3-1-2-5-4(8)6-3/h1-2H,(H2,5,6,7,8)/i8+2. The Morgan fingerprint density at radius 2 is 2.38 bits per heavy atom. The van der Waals surface area contributed by atoms with Crippen LogP contribution in [-0.2, 0) is 0 Å². The first-order valence-electron chi connectivity index (χ1n) is 2.07. The number of rotatable bonds is 0. The van der Waals surface area contributed by atoms with Crippen molar-refractivity contribution in [2.45, 2.75) is 0 Å². The van der Waals surface area contributed by atoms with E-state index in [0.29, 0.717) is 0 Å². The fourth-order valence-corrected chi connectivity index (χ4v) is 0.383. The largest absolute Gasteiger partial charge is 0.325 e. The van der Waals surface area contributed by atoms with Gasteiger partial charge in [0.15, 0.2) is 0 Å². The quantitative estimate of drug-likeness (QED) is 0.427. The summed E-state index contributed by atoms with van der Waals surface area (Å²) < 4.78 is 0. The van der Waals surface area contributed by atoms with Gasteiger partial charge in [0, 0.05) is 12.3 Å². The molecule has 0 spiro atoms. The van der Waals surface area contributed by atoms with Gasteiger partial charge in [0.2, 0.25) is 0 Å². The Morgan fingerprint density at radius 3 is 2.75 bits per heavy atom. The Labute approximate surface area is 44.2 Å². The molecular formula is C4H4N2O2. The van der Waals surface area contributed by atoms with E-state index >= 15 is 0 Å². The maximum absolute atomic E-state index is 10.2. The van der Waals surface area contributed by atoms with Crippen molar-refractivity contribution in [3.05, 3.63) is 33.1 Å². The lowest BCUT2D eigenvalue weighted by atomic mass is 10.7. The summed E-state index contributed by atoms with van der Waals surface area (Å²) in [6.07, 6.45) is 1.29. The molecule has 0 fully saturated rings. The van der Waals surface area contributed by atoms with Crippen molar-refractivity contribution < 1.29 is 0 Å². The van der Waals surface area contributed by atoms with E-state index in [1.165, 1.54) is 12.3 Å². The molecule has 4 nitrogen and oxygen atoms in total. The van der Waals surface area contributed by atoms with Gasteiger partial charge >= 0.3 is 5.69 Å². The van der Waals surface area contributed by atoms with Crippen LogP contribution in [0.25, 0.3) is 0 Å². The van der Waals surface area contributed by atoms with Gasteiger partial charge in [0.25, 0.3) is 5.56 Å². The summed E-state index contributed by atoms with van der Waals surface area (Å²) in [6, 6.07) is 1.24. The van der Waals surface area contributed by atoms with Gasteiger partial charge in [-0.25, -0.2) is 4.79 Å². The van der Waals surface area contributed by atoms with E-state index in [-0.39, 0.29) is 5.56 Å². The summed E-state index contributed by atoms with van der Waals surface area (Å²) in [5, 5.41) is 0. The van der Waals surface area contributed by atoms with Crippen LogP contribution in [0.5, 0.6) is 0 Å². The number of H-pyrrole nitrogens is 2. The summed E-state index contributed by atoms with van der Waals surface area (Å²) in [7, 11) is 0. The third-order valence-electron chi connectivity index (χ3n) is 0.686. The second-order valence-corrected chi connectivity index (χ2v) is 1.30. The third kappa shape index (κ3) is 0.841. The molecule has 1 aromatic heterocycles. The van der Waals surface area contributed by atoms with Crippen LogP contribution in [-0.4, -0.2) is 9.97 Å². The van der Waals surface area contributed by atoms with Crippen molar-refractivity contribution in [1.82, 2.24) is 9.97 Å². The van der Waals surface area contributed by atoms with Gasteiger partial charge in [-0.3, -0.25) is 9.78 Å². The summed E-state index contributed by atoms with van der Waals surface area (Å²) in [5.74, 6) is 0. The normalized spacial score (nSPS) is 9.00. The SMILES string of the molecule is O=c1cc[nH]c(=[18O])[nH]1. The Morgan fingerprint density at radius 1 is 1.62 bits per heavy atom. The highest BCUT2D eigenvalue weighted by Crippen LogP contribution is 1.51. The van der Waals surface area contributed by atoms with E-state index in [1.807, 2.05) is 4.98 Å². The van der Waals surface area contributed by atoms with E-state index in [0.717, 1.165) is 0 Å². The molecule has 0 saturated heterocycles. The predicted molar refractivity (Wildman–Crippen MR) is 27.7 cm³/mol. The monoisotopic (exact) mass is 114 g/mol. The van der Waals surface area contributed by atoms with Crippen LogP contribution >= 0.6 is 0 Å². The summed E-state index contributed by atoms with van der Waals surface area (Å²) in [5.41, 5.74) is -0.855. The molecule has 42 valence electrons. The van der Waals surface area contributed by atoms with Crippen molar-refractivity contribution in [2.24, 2.45) is 0 Å². The average molecular weight is 114 g/mol.